The molecule has 166 valence electrons. The zero-order valence-corrected chi connectivity index (χ0v) is 19.2. The Hall–Kier alpha value is -2.68. The second-order valence-corrected chi connectivity index (χ2v) is 9.27. The minimum absolute atomic E-state index is 0.101. The number of aromatic nitrogens is 3. The van der Waals surface area contributed by atoms with Crippen molar-refractivity contribution in [3.05, 3.63) is 75.6 Å². The summed E-state index contributed by atoms with van der Waals surface area (Å²) in [4.78, 5) is 10.6. The van der Waals surface area contributed by atoms with E-state index < -0.39 is 0 Å². The number of piperazine rings is 1. The Kier molecular flexibility index (Phi) is 5.75. The van der Waals surface area contributed by atoms with Gasteiger partial charge in [0.2, 0.25) is 10.8 Å². The van der Waals surface area contributed by atoms with Crippen molar-refractivity contribution in [2.45, 2.75) is 19.4 Å². The Morgan fingerprint density at radius 2 is 1.88 bits per heavy atom. The summed E-state index contributed by atoms with van der Waals surface area (Å²) in [5, 5.41) is 16.2. The van der Waals surface area contributed by atoms with Crippen molar-refractivity contribution in [1.29, 1.82) is 0 Å². The summed E-state index contributed by atoms with van der Waals surface area (Å²) in [6.07, 6.45) is 0.704. The number of nitrogens with zero attached hydrogens (tertiary/aromatic N) is 5. The van der Waals surface area contributed by atoms with Crippen LogP contribution >= 0.6 is 22.9 Å². The summed E-state index contributed by atoms with van der Waals surface area (Å²) >= 11 is 7.61. The van der Waals surface area contributed by atoms with E-state index in [1.807, 2.05) is 25.1 Å². The van der Waals surface area contributed by atoms with Gasteiger partial charge in [-0.2, -0.15) is 4.52 Å². The number of halogens is 2. The number of benzene rings is 2. The first kappa shape index (κ1) is 21.2. The van der Waals surface area contributed by atoms with E-state index in [0.29, 0.717) is 17.2 Å². The maximum absolute atomic E-state index is 13.6. The lowest BCUT2D eigenvalue weighted by Gasteiger charge is -2.40. The van der Waals surface area contributed by atoms with Gasteiger partial charge in [-0.3, -0.25) is 4.90 Å². The molecule has 5 rings (SSSR count). The first-order valence-electron chi connectivity index (χ1n) is 10.6. The molecule has 32 heavy (non-hydrogen) atoms. The monoisotopic (exact) mass is 471 g/mol. The third kappa shape index (κ3) is 3.94. The van der Waals surface area contributed by atoms with Crippen molar-refractivity contribution in [1.82, 2.24) is 19.5 Å². The molecule has 4 aromatic rings. The number of aromatic hydroxyl groups is 1. The summed E-state index contributed by atoms with van der Waals surface area (Å²) in [5.74, 6) is 0.521. The number of thiazole rings is 1. The summed E-state index contributed by atoms with van der Waals surface area (Å²) in [7, 11) is 0. The fraction of sp³-hybridized carbons (Fsp3) is 0.304. The first-order valence-corrected chi connectivity index (χ1v) is 11.8. The maximum atomic E-state index is 13.6. The van der Waals surface area contributed by atoms with Crippen LogP contribution in [0.15, 0.2) is 48.5 Å². The number of aryl methyl sites for hydroxylation is 1. The van der Waals surface area contributed by atoms with Gasteiger partial charge < -0.3 is 10.0 Å². The average Bonchev–Trinajstić information content (AvgIpc) is 3.35. The Morgan fingerprint density at radius 3 is 2.53 bits per heavy atom. The predicted octanol–water partition coefficient (Wildman–Crippen LogP) is 4.76. The molecule has 6 nitrogen and oxygen atoms in total. The van der Waals surface area contributed by atoms with Gasteiger partial charge in [0.1, 0.15) is 5.82 Å². The Bertz CT molecular complexity index is 1230. The van der Waals surface area contributed by atoms with E-state index in [1.54, 1.807) is 12.1 Å². The molecule has 2 aromatic heterocycles. The number of rotatable bonds is 5. The fourth-order valence-electron chi connectivity index (χ4n) is 4.20. The highest BCUT2D eigenvalue weighted by Gasteiger charge is 2.32. The molecule has 1 fully saturated rings. The second kappa shape index (κ2) is 8.69. The van der Waals surface area contributed by atoms with E-state index >= 15 is 0 Å². The van der Waals surface area contributed by atoms with Gasteiger partial charge in [0.25, 0.3) is 0 Å². The molecule has 0 saturated carbocycles. The SMILES string of the molecule is CCc1nc2sc([C@@H](c3ccc(F)cc3)N3CCN(c4cccc(Cl)c4)CC3)c(O)n2n1. The van der Waals surface area contributed by atoms with Gasteiger partial charge in [0.05, 0.1) is 10.9 Å². The zero-order valence-electron chi connectivity index (χ0n) is 17.6. The molecule has 3 heterocycles. The highest BCUT2D eigenvalue weighted by Crippen LogP contribution is 2.40. The van der Waals surface area contributed by atoms with E-state index in [2.05, 4.69) is 25.9 Å². The molecule has 0 aliphatic carbocycles. The van der Waals surface area contributed by atoms with Crippen LogP contribution in [0.4, 0.5) is 10.1 Å². The van der Waals surface area contributed by atoms with Crippen LogP contribution in [0.1, 0.15) is 29.2 Å². The van der Waals surface area contributed by atoms with Crippen molar-refractivity contribution in [2.75, 3.05) is 31.1 Å². The molecular formula is C23H23ClFN5OS. The van der Waals surface area contributed by atoms with E-state index in [4.69, 9.17) is 11.6 Å². The third-order valence-electron chi connectivity index (χ3n) is 5.85. The van der Waals surface area contributed by atoms with Crippen molar-refractivity contribution in [2.24, 2.45) is 0 Å². The highest BCUT2D eigenvalue weighted by molar-refractivity contribution is 7.17. The second-order valence-electron chi connectivity index (χ2n) is 7.82. The molecule has 1 saturated heterocycles. The Balaban J connectivity index is 1.47. The normalized spacial score (nSPS) is 16.0. The highest BCUT2D eigenvalue weighted by atomic mass is 35.5. The molecule has 0 amide bonds. The maximum Gasteiger partial charge on any atom is 0.230 e. The molecule has 0 radical (unpaired) electrons. The van der Waals surface area contributed by atoms with Crippen LogP contribution in [0.3, 0.4) is 0 Å². The molecule has 0 bridgehead atoms. The van der Waals surface area contributed by atoms with Crippen molar-refractivity contribution < 1.29 is 9.50 Å². The summed E-state index contributed by atoms with van der Waals surface area (Å²) < 4.78 is 15.2. The lowest BCUT2D eigenvalue weighted by molar-refractivity contribution is 0.211. The van der Waals surface area contributed by atoms with Gasteiger partial charge in [-0.25, -0.2) is 9.37 Å². The van der Waals surface area contributed by atoms with Gasteiger partial charge in [0.15, 0.2) is 5.82 Å². The average molecular weight is 472 g/mol. The smallest absolute Gasteiger partial charge is 0.230 e. The van der Waals surface area contributed by atoms with Gasteiger partial charge in [-0.1, -0.05) is 48.1 Å². The van der Waals surface area contributed by atoms with Crippen LogP contribution in [0.5, 0.6) is 5.88 Å². The third-order valence-corrected chi connectivity index (χ3v) is 7.15. The molecule has 1 atom stereocenters. The lowest BCUT2D eigenvalue weighted by Crippen LogP contribution is -2.47. The topological polar surface area (TPSA) is 56.9 Å². The van der Waals surface area contributed by atoms with Crippen LogP contribution in [-0.2, 0) is 6.42 Å². The minimum atomic E-state index is -0.280. The fourth-order valence-corrected chi connectivity index (χ4v) is 5.52. The van der Waals surface area contributed by atoms with E-state index in [1.165, 1.54) is 28.0 Å². The summed E-state index contributed by atoms with van der Waals surface area (Å²) in [5.41, 5.74) is 2.03. The Morgan fingerprint density at radius 1 is 1.12 bits per heavy atom. The molecule has 1 N–H and O–H groups in total. The van der Waals surface area contributed by atoms with Crippen LogP contribution < -0.4 is 4.90 Å². The van der Waals surface area contributed by atoms with Gasteiger partial charge >= 0.3 is 0 Å². The molecule has 0 unspecified atom stereocenters. The molecule has 9 heteroatoms. The number of hydrogen-bond acceptors (Lipinski definition) is 6. The zero-order chi connectivity index (χ0) is 22.2. The number of hydrogen-bond donors (Lipinski definition) is 1. The van der Waals surface area contributed by atoms with Crippen LogP contribution in [0.2, 0.25) is 5.02 Å². The van der Waals surface area contributed by atoms with Crippen molar-refractivity contribution in [3.8, 4) is 5.88 Å². The predicted molar refractivity (Wildman–Crippen MR) is 125 cm³/mol. The molecule has 1 aliphatic rings. The molecule has 2 aromatic carbocycles. The molecular weight excluding hydrogens is 449 g/mol. The van der Waals surface area contributed by atoms with E-state index in [0.717, 1.165) is 47.3 Å². The number of anilines is 1. The van der Waals surface area contributed by atoms with Gasteiger partial charge in [-0.05, 0) is 35.9 Å². The van der Waals surface area contributed by atoms with Crippen molar-refractivity contribution in [3.63, 3.8) is 0 Å². The number of fused-ring (bicyclic) bond motifs is 1. The Labute approximate surface area is 194 Å². The van der Waals surface area contributed by atoms with E-state index in [-0.39, 0.29) is 17.7 Å². The van der Waals surface area contributed by atoms with Crippen LogP contribution in [0.25, 0.3) is 4.96 Å². The standard InChI is InChI=1S/C23H23ClFN5OS/c1-2-19-26-23-30(27-19)22(31)21(32-23)20(15-6-8-17(25)9-7-15)29-12-10-28(11-13-29)18-5-3-4-16(24)14-18/h3-9,14,20,31H,2,10-13H2,1H3/t20-/m1/s1. The lowest BCUT2D eigenvalue weighted by atomic mass is 10.0. The minimum Gasteiger partial charge on any atom is -0.492 e. The summed E-state index contributed by atoms with van der Waals surface area (Å²) in [6, 6.07) is 14.2. The van der Waals surface area contributed by atoms with Crippen molar-refractivity contribution >= 4 is 33.6 Å². The molecule has 0 spiro atoms. The molecule has 1 aliphatic heterocycles. The first-order chi connectivity index (χ1) is 15.5. The van der Waals surface area contributed by atoms with E-state index in [9.17, 15) is 9.50 Å². The quantitative estimate of drug-likeness (QED) is 0.454. The van der Waals surface area contributed by atoms with Gasteiger partial charge in [0, 0.05) is 43.3 Å². The van der Waals surface area contributed by atoms with Crippen LogP contribution in [-0.4, -0.2) is 50.8 Å². The largest absolute Gasteiger partial charge is 0.492 e. The van der Waals surface area contributed by atoms with Crippen LogP contribution in [0, 0.1) is 5.82 Å². The van der Waals surface area contributed by atoms with Gasteiger partial charge in [-0.15, -0.1) is 5.10 Å². The summed E-state index contributed by atoms with van der Waals surface area (Å²) in [6.45, 7) is 5.18.